The van der Waals surface area contributed by atoms with Crippen LogP contribution in [0.25, 0.3) is 27.9 Å². The molecule has 1 N–H and O–H groups in total. The van der Waals surface area contributed by atoms with E-state index in [2.05, 4.69) is 5.10 Å². The van der Waals surface area contributed by atoms with Gasteiger partial charge in [-0.15, -0.1) is 0 Å². The first-order valence-corrected chi connectivity index (χ1v) is 10.1. The Morgan fingerprint density at radius 3 is 2.90 bits per heavy atom. The minimum absolute atomic E-state index is 0.144. The summed E-state index contributed by atoms with van der Waals surface area (Å²) in [4.78, 5) is 30.9. The van der Waals surface area contributed by atoms with Crippen LogP contribution in [0.3, 0.4) is 0 Å². The van der Waals surface area contributed by atoms with Crippen molar-refractivity contribution in [3.05, 3.63) is 53.2 Å². The average molecular weight is 406 g/mol. The zero-order chi connectivity index (χ0) is 20.8. The largest absolute Gasteiger partial charge is 0.465 e. The summed E-state index contributed by atoms with van der Waals surface area (Å²) in [5, 5.41) is 13.8. The monoisotopic (exact) mass is 406 g/mol. The summed E-state index contributed by atoms with van der Waals surface area (Å²) in [6, 6.07) is 9.44. The van der Waals surface area contributed by atoms with Gasteiger partial charge in [-0.3, -0.25) is 9.13 Å². The summed E-state index contributed by atoms with van der Waals surface area (Å²) in [6.07, 6.45) is 4.16. The Morgan fingerprint density at radius 2 is 2.10 bits per heavy atom. The predicted molar refractivity (Wildman–Crippen MR) is 112 cm³/mol. The third kappa shape index (κ3) is 2.77. The second kappa shape index (κ2) is 7.01. The number of fused-ring (bicyclic) bond motifs is 2. The van der Waals surface area contributed by atoms with Gasteiger partial charge in [0.15, 0.2) is 5.65 Å². The van der Waals surface area contributed by atoms with Crippen LogP contribution in [-0.2, 0) is 6.54 Å². The molecule has 4 aromatic heterocycles. The number of carbonyl (C=O) groups is 1. The number of hydrogen-bond donors (Lipinski definition) is 1. The van der Waals surface area contributed by atoms with Crippen LogP contribution >= 0.6 is 0 Å². The third-order valence-electron chi connectivity index (χ3n) is 5.86. The van der Waals surface area contributed by atoms with Gasteiger partial charge in [0.1, 0.15) is 0 Å². The Labute approximate surface area is 171 Å². The van der Waals surface area contributed by atoms with Crippen LogP contribution < -0.4 is 5.69 Å². The standard InChI is InChI=1S/C21H22N6O3/c1-2-25-18-9-8-16(15-12-22-26-11-4-3-7-17(15)26)23-19(18)27(20(25)28)14-6-5-10-24(13-14)21(29)30/h3-4,7-9,11-12,14H,2,5-6,10,13H2,1H3,(H,29,30). The highest BCUT2D eigenvalue weighted by atomic mass is 16.4. The lowest BCUT2D eigenvalue weighted by molar-refractivity contribution is 0.121. The first-order chi connectivity index (χ1) is 14.6. The van der Waals surface area contributed by atoms with E-state index in [1.807, 2.05) is 43.5 Å². The number of amides is 1. The lowest BCUT2D eigenvalue weighted by Crippen LogP contribution is -2.42. The normalized spacial score (nSPS) is 17.1. The molecule has 0 radical (unpaired) electrons. The summed E-state index contributed by atoms with van der Waals surface area (Å²) < 4.78 is 5.17. The summed E-state index contributed by atoms with van der Waals surface area (Å²) in [6.45, 7) is 3.24. The molecule has 0 spiro atoms. The maximum Gasteiger partial charge on any atom is 0.407 e. The van der Waals surface area contributed by atoms with Gasteiger partial charge in [0.25, 0.3) is 0 Å². The summed E-state index contributed by atoms with van der Waals surface area (Å²) in [7, 11) is 0. The summed E-state index contributed by atoms with van der Waals surface area (Å²) in [5.41, 5.74) is 3.76. The number of aromatic nitrogens is 5. The van der Waals surface area contributed by atoms with E-state index in [0.29, 0.717) is 25.3 Å². The topological polar surface area (TPSA) is 97.7 Å². The number of nitrogens with zero attached hydrogens (tertiary/aromatic N) is 6. The average Bonchev–Trinajstić information content (AvgIpc) is 3.31. The Balaban J connectivity index is 1.68. The highest BCUT2D eigenvalue weighted by Gasteiger charge is 2.28. The van der Waals surface area contributed by atoms with Crippen molar-refractivity contribution in [1.29, 1.82) is 0 Å². The van der Waals surface area contributed by atoms with Crippen molar-refractivity contribution in [2.24, 2.45) is 0 Å². The molecule has 30 heavy (non-hydrogen) atoms. The summed E-state index contributed by atoms with van der Waals surface area (Å²) in [5.74, 6) is 0. The Hall–Kier alpha value is -3.62. The smallest absolute Gasteiger partial charge is 0.407 e. The van der Waals surface area contributed by atoms with Crippen molar-refractivity contribution in [3.63, 3.8) is 0 Å². The molecule has 1 amide bonds. The lowest BCUT2D eigenvalue weighted by Gasteiger charge is -2.31. The van der Waals surface area contributed by atoms with Gasteiger partial charge in [-0.2, -0.15) is 5.10 Å². The first kappa shape index (κ1) is 18.4. The van der Waals surface area contributed by atoms with Crippen LogP contribution in [0.4, 0.5) is 4.79 Å². The SMILES string of the molecule is CCn1c(=O)n(C2CCCN(C(=O)O)C2)c2nc(-c3cnn4ccccc34)ccc21. The molecule has 1 aliphatic rings. The van der Waals surface area contributed by atoms with Crippen molar-refractivity contribution in [3.8, 4) is 11.3 Å². The Morgan fingerprint density at radius 1 is 1.23 bits per heavy atom. The minimum Gasteiger partial charge on any atom is -0.465 e. The number of hydrogen-bond acceptors (Lipinski definition) is 4. The van der Waals surface area contributed by atoms with E-state index in [1.165, 1.54) is 4.90 Å². The molecule has 5 heterocycles. The predicted octanol–water partition coefficient (Wildman–Crippen LogP) is 2.85. The van der Waals surface area contributed by atoms with Gasteiger partial charge >= 0.3 is 11.8 Å². The van der Waals surface area contributed by atoms with Crippen LogP contribution in [0.2, 0.25) is 0 Å². The Bertz CT molecular complexity index is 1320. The molecule has 9 nitrogen and oxygen atoms in total. The number of aryl methyl sites for hydroxylation is 1. The lowest BCUT2D eigenvalue weighted by atomic mass is 10.1. The van der Waals surface area contributed by atoms with Crippen LogP contribution in [0, 0.1) is 0 Å². The summed E-state index contributed by atoms with van der Waals surface area (Å²) >= 11 is 0. The third-order valence-corrected chi connectivity index (χ3v) is 5.86. The van der Waals surface area contributed by atoms with E-state index in [4.69, 9.17) is 4.98 Å². The second-order valence-corrected chi connectivity index (χ2v) is 7.55. The maximum absolute atomic E-state index is 13.2. The van der Waals surface area contributed by atoms with Gasteiger partial charge in [0, 0.05) is 31.4 Å². The second-order valence-electron chi connectivity index (χ2n) is 7.55. The molecule has 5 rings (SSSR count). The number of pyridine rings is 2. The number of rotatable bonds is 3. The zero-order valence-electron chi connectivity index (χ0n) is 16.6. The fraction of sp³-hybridized carbons (Fsp3) is 0.333. The van der Waals surface area contributed by atoms with E-state index in [-0.39, 0.29) is 11.7 Å². The molecule has 0 aromatic carbocycles. The van der Waals surface area contributed by atoms with Crippen LogP contribution in [0.5, 0.6) is 0 Å². The minimum atomic E-state index is -0.952. The van der Waals surface area contributed by atoms with Gasteiger partial charge in [-0.05, 0) is 44.0 Å². The molecule has 1 fully saturated rings. The van der Waals surface area contributed by atoms with Crippen molar-refractivity contribution in [1.82, 2.24) is 28.6 Å². The molecule has 0 aliphatic carbocycles. The highest BCUT2D eigenvalue weighted by Crippen LogP contribution is 2.28. The number of piperidine rings is 1. The molecular weight excluding hydrogens is 384 g/mol. The van der Waals surface area contributed by atoms with E-state index < -0.39 is 6.09 Å². The van der Waals surface area contributed by atoms with Gasteiger partial charge in [-0.1, -0.05) is 6.07 Å². The van der Waals surface area contributed by atoms with E-state index in [1.54, 1.807) is 19.8 Å². The van der Waals surface area contributed by atoms with E-state index in [9.17, 15) is 14.7 Å². The fourth-order valence-corrected chi connectivity index (χ4v) is 4.41. The van der Waals surface area contributed by atoms with Crippen molar-refractivity contribution < 1.29 is 9.90 Å². The molecule has 154 valence electrons. The molecule has 9 heteroatoms. The van der Waals surface area contributed by atoms with Crippen molar-refractivity contribution >= 4 is 22.8 Å². The molecule has 1 atom stereocenters. The van der Waals surface area contributed by atoms with Crippen LogP contribution in [0.15, 0.2) is 47.5 Å². The molecule has 1 aliphatic heterocycles. The van der Waals surface area contributed by atoms with Crippen molar-refractivity contribution in [2.45, 2.75) is 32.4 Å². The number of imidazole rings is 1. The van der Waals surface area contributed by atoms with Crippen LogP contribution in [-0.4, -0.2) is 52.9 Å². The Kier molecular flexibility index (Phi) is 4.30. The van der Waals surface area contributed by atoms with E-state index in [0.717, 1.165) is 35.1 Å². The van der Waals surface area contributed by atoms with Gasteiger partial charge in [0.05, 0.1) is 29.0 Å². The number of likely N-dealkylation sites (tertiary alicyclic amines) is 1. The number of carboxylic acid groups (broad SMARTS) is 1. The fourth-order valence-electron chi connectivity index (χ4n) is 4.41. The molecule has 1 unspecified atom stereocenters. The zero-order valence-corrected chi connectivity index (χ0v) is 16.6. The van der Waals surface area contributed by atoms with Gasteiger partial charge < -0.3 is 10.0 Å². The molecule has 1 saturated heterocycles. The maximum atomic E-state index is 13.2. The van der Waals surface area contributed by atoms with Gasteiger partial charge in [-0.25, -0.2) is 19.1 Å². The molecule has 0 saturated carbocycles. The van der Waals surface area contributed by atoms with Crippen LogP contribution in [0.1, 0.15) is 25.8 Å². The molecule has 0 bridgehead atoms. The van der Waals surface area contributed by atoms with Crippen molar-refractivity contribution in [2.75, 3.05) is 13.1 Å². The first-order valence-electron chi connectivity index (χ1n) is 10.1. The quantitative estimate of drug-likeness (QED) is 0.564. The van der Waals surface area contributed by atoms with E-state index >= 15 is 0 Å². The molecular formula is C21H22N6O3. The van der Waals surface area contributed by atoms with Gasteiger partial charge in [0.2, 0.25) is 0 Å². The molecule has 4 aromatic rings. The highest BCUT2D eigenvalue weighted by molar-refractivity contribution is 5.82.